The van der Waals surface area contributed by atoms with E-state index in [1.807, 2.05) is 37.3 Å². The van der Waals surface area contributed by atoms with Crippen LogP contribution in [0.15, 0.2) is 82.6 Å². The van der Waals surface area contributed by atoms with Gasteiger partial charge in [0.15, 0.2) is 0 Å². The van der Waals surface area contributed by atoms with Crippen molar-refractivity contribution in [2.24, 2.45) is 0 Å². The summed E-state index contributed by atoms with van der Waals surface area (Å²) in [5.74, 6) is -0.252. The molecule has 0 aliphatic rings. The zero-order valence-corrected chi connectivity index (χ0v) is 16.1. The minimum Gasteiger partial charge on any atom is -0.494 e. The molecule has 0 aliphatic carbocycles. The molecular weight excluding hydrogens is 376 g/mol. The number of benzene rings is 3. The van der Waals surface area contributed by atoms with E-state index in [-0.39, 0.29) is 16.2 Å². The van der Waals surface area contributed by atoms with E-state index >= 15 is 0 Å². The highest BCUT2D eigenvalue weighted by atomic mass is 32.2. The van der Waals surface area contributed by atoms with Crippen molar-refractivity contribution in [1.29, 1.82) is 0 Å². The fourth-order valence-electron chi connectivity index (χ4n) is 2.89. The first-order valence-electron chi connectivity index (χ1n) is 8.79. The number of hydrogen-bond acceptors (Lipinski definition) is 4. The van der Waals surface area contributed by atoms with Gasteiger partial charge in [-0.1, -0.05) is 36.4 Å². The second kappa shape index (κ2) is 8.27. The Labute approximate surface area is 164 Å². The second-order valence-corrected chi connectivity index (χ2v) is 8.16. The van der Waals surface area contributed by atoms with Crippen molar-refractivity contribution in [3.8, 4) is 16.9 Å². The van der Waals surface area contributed by atoms with Crippen LogP contribution in [0, 0.1) is 0 Å². The van der Waals surface area contributed by atoms with Crippen molar-refractivity contribution < 1.29 is 23.1 Å². The normalized spacial score (nSPS) is 11.2. The number of hydrogen-bond donors (Lipinski definition) is 1. The summed E-state index contributed by atoms with van der Waals surface area (Å²) in [5, 5.41) is 8.93. The number of sulfone groups is 1. The topological polar surface area (TPSA) is 80.7 Å². The van der Waals surface area contributed by atoms with E-state index in [0.29, 0.717) is 12.2 Å². The average Bonchev–Trinajstić information content (AvgIpc) is 2.69. The van der Waals surface area contributed by atoms with E-state index in [1.165, 1.54) is 18.2 Å². The Bertz CT molecular complexity index is 1090. The van der Waals surface area contributed by atoms with E-state index in [4.69, 9.17) is 9.84 Å². The maximum Gasteiger partial charge on any atom is 0.307 e. The van der Waals surface area contributed by atoms with Gasteiger partial charge in [0.1, 0.15) is 5.75 Å². The predicted octanol–water partition coefficient (Wildman–Crippen LogP) is 4.21. The van der Waals surface area contributed by atoms with Crippen molar-refractivity contribution in [1.82, 2.24) is 0 Å². The Balaban J connectivity index is 1.95. The van der Waals surface area contributed by atoms with Crippen LogP contribution in [-0.2, 0) is 21.1 Å². The van der Waals surface area contributed by atoms with Gasteiger partial charge in [0.25, 0.3) is 0 Å². The van der Waals surface area contributed by atoms with E-state index < -0.39 is 15.8 Å². The monoisotopic (exact) mass is 396 g/mol. The van der Waals surface area contributed by atoms with E-state index in [9.17, 15) is 13.2 Å². The first kappa shape index (κ1) is 19.6. The molecule has 0 aliphatic heterocycles. The van der Waals surface area contributed by atoms with Gasteiger partial charge >= 0.3 is 5.97 Å². The molecule has 0 unspecified atom stereocenters. The molecule has 6 heteroatoms. The van der Waals surface area contributed by atoms with Crippen LogP contribution in [0.2, 0.25) is 0 Å². The summed E-state index contributed by atoms with van der Waals surface area (Å²) in [7, 11) is -3.76. The molecule has 5 nitrogen and oxygen atoms in total. The van der Waals surface area contributed by atoms with Crippen LogP contribution >= 0.6 is 0 Å². The molecule has 0 atom stereocenters. The summed E-state index contributed by atoms with van der Waals surface area (Å²) in [6.07, 6.45) is -0.227. The van der Waals surface area contributed by atoms with Gasteiger partial charge in [0.05, 0.1) is 22.8 Å². The van der Waals surface area contributed by atoms with Crippen LogP contribution in [0.3, 0.4) is 0 Å². The third-order valence-electron chi connectivity index (χ3n) is 4.21. The highest BCUT2D eigenvalue weighted by Gasteiger charge is 2.19. The number of carbonyl (C=O) groups is 1. The lowest BCUT2D eigenvalue weighted by molar-refractivity contribution is -0.136. The minimum absolute atomic E-state index is 0.0788. The lowest BCUT2D eigenvalue weighted by atomic mass is 10.1. The van der Waals surface area contributed by atoms with Crippen LogP contribution in [0.5, 0.6) is 5.75 Å². The zero-order valence-electron chi connectivity index (χ0n) is 15.3. The van der Waals surface area contributed by atoms with Crippen LogP contribution in [0.4, 0.5) is 0 Å². The molecule has 3 aromatic rings. The smallest absolute Gasteiger partial charge is 0.307 e. The van der Waals surface area contributed by atoms with Crippen LogP contribution in [0.1, 0.15) is 12.5 Å². The minimum atomic E-state index is -3.76. The molecule has 0 heterocycles. The Morgan fingerprint density at radius 3 is 2.18 bits per heavy atom. The van der Waals surface area contributed by atoms with Crippen LogP contribution in [0.25, 0.3) is 11.1 Å². The lowest BCUT2D eigenvalue weighted by Gasteiger charge is -2.09. The van der Waals surface area contributed by atoms with E-state index in [1.54, 1.807) is 24.3 Å². The molecular formula is C22H20O5S. The van der Waals surface area contributed by atoms with Gasteiger partial charge in [-0.2, -0.15) is 0 Å². The number of aliphatic carboxylic acids is 1. The third kappa shape index (κ3) is 4.40. The SMILES string of the molecule is CCOc1ccc(-c2cccc(S(=O)(=O)c3cccc(CC(=O)O)c3)c2)cc1. The maximum absolute atomic E-state index is 13.0. The van der Waals surface area contributed by atoms with Gasteiger partial charge in [-0.3, -0.25) is 4.79 Å². The van der Waals surface area contributed by atoms with Crippen molar-refractivity contribution in [3.05, 3.63) is 78.4 Å². The lowest BCUT2D eigenvalue weighted by Crippen LogP contribution is -2.05. The molecule has 1 N–H and O–H groups in total. The first-order chi connectivity index (χ1) is 13.4. The molecule has 144 valence electrons. The van der Waals surface area contributed by atoms with E-state index in [2.05, 4.69) is 0 Å². The molecule has 0 radical (unpaired) electrons. The summed E-state index contributed by atoms with van der Waals surface area (Å²) < 4.78 is 31.5. The summed E-state index contributed by atoms with van der Waals surface area (Å²) in [6.45, 7) is 2.49. The number of rotatable bonds is 7. The van der Waals surface area contributed by atoms with Gasteiger partial charge in [0.2, 0.25) is 9.84 Å². The summed E-state index contributed by atoms with van der Waals surface area (Å²) in [4.78, 5) is 11.1. The van der Waals surface area contributed by atoms with Crippen molar-refractivity contribution in [3.63, 3.8) is 0 Å². The fourth-order valence-corrected chi connectivity index (χ4v) is 4.26. The van der Waals surface area contributed by atoms with Crippen molar-refractivity contribution in [2.75, 3.05) is 6.61 Å². The molecule has 0 amide bonds. The van der Waals surface area contributed by atoms with Crippen LogP contribution < -0.4 is 4.74 Å². The van der Waals surface area contributed by atoms with Gasteiger partial charge < -0.3 is 9.84 Å². The van der Waals surface area contributed by atoms with Gasteiger partial charge in [0, 0.05) is 0 Å². The second-order valence-electron chi connectivity index (χ2n) is 6.21. The largest absolute Gasteiger partial charge is 0.494 e. The van der Waals surface area contributed by atoms with Gasteiger partial charge in [-0.05, 0) is 60.0 Å². The molecule has 3 aromatic carbocycles. The quantitative estimate of drug-likeness (QED) is 0.647. The summed E-state index contributed by atoms with van der Waals surface area (Å²) in [5.41, 5.74) is 2.09. The Morgan fingerprint density at radius 1 is 0.893 bits per heavy atom. The summed E-state index contributed by atoms with van der Waals surface area (Å²) >= 11 is 0. The van der Waals surface area contributed by atoms with Crippen LogP contribution in [-0.4, -0.2) is 26.1 Å². The predicted molar refractivity (Wildman–Crippen MR) is 106 cm³/mol. The van der Waals surface area contributed by atoms with Gasteiger partial charge in [-0.15, -0.1) is 0 Å². The Morgan fingerprint density at radius 2 is 1.54 bits per heavy atom. The number of carboxylic acids is 1. The fraction of sp³-hybridized carbons (Fsp3) is 0.136. The standard InChI is InChI=1S/C22H20O5S/c1-2-27-19-11-9-17(10-12-19)18-6-4-8-21(15-18)28(25,26)20-7-3-5-16(13-20)14-22(23)24/h3-13,15H,2,14H2,1H3,(H,23,24). The Hall–Kier alpha value is -3.12. The highest BCUT2D eigenvalue weighted by Crippen LogP contribution is 2.28. The van der Waals surface area contributed by atoms with Crippen molar-refractivity contribution in [2.45, 2.75) is 23.1 Å². The van der Waals surface area contributed by atoms with Gasteiger partial charge in [-0.25, -0.2) is 8.42 Å². The van der Waals surface area contributed by atoms with E-state index in [0.717, 1.165) is 16.9 Å². The molecule has 0 saturated carbocycles. The summed E-state index contributed by atoms with van der Waals surface area (Å²) in [6, 6.07) is 20.2. The van der Waals surface area contributed by atoms with Crippen molar-refractivity contribution >= 4 is 15.8 Å². The first-order valence-corrected chi connectivity index (χ1v) is 10.3. The highest BCUT2D eigenvalue weighted by molar-refractivity contribution is 7.91. The molecule has 3 rings (SSSR count). The number of ether oxygens (including phenoxy) is 1. The maximum atomic E-state index is 13.0. The number of carboxylic acid groups (broad SMARTS) is 1. The molecule has 0 fully saturated rings. The zero-order chi connectivity index (χ0) is 20.1. The molecule has 0 saturated heterocycles. The Kier molecular flexibility index (Phi) is 5.80. The molecule has 0 spiro atoms. The molecule has 0 aromatic heterocycles. The molecule has 28 heavy (non-hydrogen) atoms. The average molecular weight is 396 g/mol. The third-order valence-corrected chi connectivity index (χ3v) is 5.96. The molecule has 0 bridgehead atoms.